The topological polar surface area (TPSA) is 47.3 Å². The van der Waals surface area contributed by atoms with E-state index in [9.17, 15) is 0 Å². The lowest BCUT2D eigenvalue weighted by atomic mass is 9.73. The van der Waals surface area contributed by atoms with Gasteiger partial charge in [0.2, 0.25) is 0 Å². The van der Waals surface area contributed by atoms with E-state index in [0.717, 1.165) is 43.8 Å². The lowest BCUT2D eigenvalue weighted by Gasteiger charge is -2.36. The minimum Gasteiger partial charge on any atom is -0.382 e. The minimum atomic E-state index is 0.473. The lowest BCUT2D eigenvalue weighted by Crippen LogP contribution is -2.43. The number of ether oxygens (including phenoxy) is 1. The van der Waals surface area contributed by atoms with Crippen LogP contribution in [0.1, 0.15) is 52.9 Å². The van der Waals surface area contributed by atoms with E-state index in [-0.39, 0.29) is 0 Å². The molecule has 3 nitrogen and oxygen atoms in total. The van der Waals surface area contributed by atoms with Crippen molar-refractivity contribution >= 4 is 0 Å². The van der Waals surface area contributed by atoms with E-state index in [1.54, 1.807) is 0 Å². The van der Waals surface area contributed by atoms with Crippen LogP contribution in [-0.4, -0.2) is 19.3 Å². The van der Waals surface area contributed by atoms with Crippen LogP contribution < -0.4 is 11.3 Å². The summed E-state index contributed by atoms with van der Waals surface area (Å²) in [5, 5.41) is 0. The Bertz CT molecular complexity index is 189. The van der Waals surface area contributed by atoms with E-state index in [2.05, 4.69) is 19.3 Å². The Morgan fingerprint density at radius 3 is 2.41 bits per heavy atom. The smallest absolute Gasteiger partial charge is 0.0466 e. The van der Waals surface area contributed by atoms with Gasteiger partial charge in [-0.2, -0.15) is 0 Å². The molecule has 1 aliphatic carbocycles. The van der Waals surface area contributed by atoms with Crippen LogP contribution in [0.4, 0.5) is 0 Å². The van der Waals surface area contributed by atoms with Gasteiger partial charge in [-0.3, -0.25) is 11.3 Å². The second-order valence-corrected chi connectivity index (χ2v) is 5.79. The molecule has 3 unspecified atom stereocenters. The Morgan fingerprint density at radius 2 is 1.88 bits per heavy atom. The number of nitrogens with one attached hydrogen (secondary N) is 1. The number of hydrogen-bond acceptors (Lipinski definition) is 3. The summed E-state index contributed by atoms with van der Waals surface area (Å²) in [7, 11) is 0. The zero-order valence-electron chi connectivity index (χ0n) is 11.7. The predicted octanol–water partition coefficient (Wildman–Crippen LogP) is 2.71. The Morgan fingerprint density at radius 1 is 1.24 bits per heavy atom. The summed E-state index contributed by atoms with van der Waals surface area (Å²) < 4.78 is 5.39. The Hall–Kier alpha value is -0.120. The monoisotopic (exact) mass is 242 g/mol. The Balaban J connectivity index is 2.32. The fourth-order valence-corrected chi connectivity index (χ4v) is 3.34. The van der Waals surface area contributed by atoms with Crippen LogP contribution in [0.15, 0.2) is 0 Å². The average Bonchev–Trinajstić information content (AvgIpc) is 2.28. The number of hydrogen-bond donors (Lipinski definition) is 2. The summed E-state index contributed by atoms with van der Waals surface area (Å²) in [5.74, 6) is 8.18. The predicted molar refractivity (Wildman–Crippen MR) is 72.5 cm³/mol. The largest absolute Gasteiger partial charge is 0.382 e. The minimum absolute atomic E-state index is 0.473. The van der Waals surface area contributed by atoms with Gasteiger partial charge >= 0.3 is 0 Å². The maximum Gasteiger partial charge on any atom is 0.0466 e. The van der Waals surface area contributed by atoms with Gasteiger partial charge in [0.1, 0.15) is 0 Å². The summed E-state index contributed by atoms with van der Waals surface area (Å²) in [6.45, 7) is 8.47. The van der Waals surface area contributed by atoms with Gasteiger partial charge < -0.3 is 4.74 Å². The highest BCUT2D eigenvalue weighted by atomic mass is 16.5. The third-order valence-electron chi connectivity index (χ3n) is 4.01. The third kappa shape index (κ3) is 5.36. The maximum atomic E-state index is 5.72. The van der Waals surface area contributed by atoms with E-state index >= 15 is 0 Å². The van der Waals surface area contributed by atoms with Crippen LogP contribution in [0.3, 0.4) is 0 Å². The van der Waals surface area contributed by atoms with E-state index in [1.807, 2.05) is 6.92 Å². The van der Waals surface area contributed by atoms with Gasteiger partial charge in [-0.15, -0.1) is 0 Å². The van der Waals surface area contributed by atoms with E-state index in [4.69, 9.17) is 10.6 Å². The Kier molecular flexibility index (Phi) is 7.09. The molecule has 3 N–H and O–H groups in total. The molecule has 0 amide bonds. The molecule has 102 valence electrons. The van der Waals surface area contributed by atoms with Crippen LogP contribution in [0.25, 0.3) is 0 Å². The van der Waals surface area contributed by atoms with E-state index in [1.165, 1.54) is 19.3 Å². The second-order valence-electron chi connectivity index (χ2n) is 5.79. The first-order valence-electron chi connectivity index (χ1n) is 7.21. The number of hydrazine groups is 1. The van der Waals surface area contributed by atoms with E-state index in [0.29, 0.717) is 6.04 Å². The SMILES string of the molecule is CCOCCCC(NN)C1CC(C)CC(C)C1. The van der Waals surface area contributed by atoms with Crippen LogP contribution in [-0.2, 0) is 4.74 Å². The van der Waals surface area contributed by atoms with E-state index < -0.39 is 0 Å². The van der Waals surface area contributed by atoms with Crippen molar-refractivity contribution in [1.82, 2.24) is 5.43 Å². The summed E-state index contributed by atoms with van der Waals surface area (Å²) in [5.41, 5.74) is 3.03. The molecule has 1 fully saturated rings. The zero-order chi connectivity index (χ0) is 12.7. The van der Waals surface area contributed by atoms with Crippen molar-refractivity contribution < 1.29 is 4.74 Å². The molecule has 0 aromatic rings. The molecular weight excluding hydrogens is 212 g/mol. The lowest BCUT2D eigenvalue weighted by molar-refractivity contribution is 0.128. The van der Waals surface area contributed by atoms with Crippen LogP contribution >= 0.6 is 0 Å². The van der Waals surface area contributed by atoms with Crippen molar-refractivity contribution in [3.8, 4) is 0 Å². The number of nitrogens with two attached hydrogens (primary N) is 1. The molecule has 0 aromatic heterocycles. The molecule has 3 heteroatoms. The van der Waals surface area contributed by atoms with Gasteiger partial charge in [0.15, 0.2) is 0 Å². The van der Waals surface area contributed by atoms with Crippen molar-refractivity contribution in [2.75, 3.05) is 13.2 Å². The van der Waals surface area contributed by atoms with Gasteiger partial charge in [-0.25, -0.2) is 0 Å². The zero-order valence-corrected chi connectivity index (χ0v) is 11.7. The first kappa shape index (κ1) is 14.9. The molecule has 3 atom stereocenters. The standard InChI is InChI=1S/C14H30N2O/c1-4-17-7-5-6-14(16-15)13-9-11(2)8-12(3)10-13/h11-14,16H,4-10,15H2,1-3H3. The van der Waals surface area contributed by atoms with Gasteiger partial charge in [-0.1, -0.05) is 13.8 Å². The van der Waals surface area contributed by atoms with Crippen molar-refractivity contribution in [2.24, 2.45) is 23.6 Å². The third-order valence-corrected chi connectivity index (χ3v) is 4.01. The Labute approximate surface area is 106 Å². The molecule has 0 spiro atoms. The summed E-state index contributed by atoms with van der Waals surface area (Å²) in [4.78, 5) is 0. The van der Waals surface area contributed by atoms with Crippen molar-refractivity contribution in [3.63, 3.8) is 0 Å². The first-order chi connectivity index (χ1) is 8.17. The highest BCUT2D eigenvalue weighted by molar-refractivity contribution is 4.82. The molecule has 0 saturated heterocycles. The summed E-state index contributed by atoms with van der Waals surface area (Å²) in [6.07, 6.45) is 6.29. The molecule has 1 aliphatic rings. The van der Waals surface area contributed by atoms with Crippen LogP contribution in [0.2, 0.25) is 0 Å². The second kappa shape index (κ2) is 8.06. The molecular formula is C14H30N2O. The number of rotatable bonds is 7. The van der Waals surface area contributed by atoms with Crippen LogP contribution in [0.5, 0.6) is 0 Å². The highest BCUT2D eigenvalue weighted by Gasteiger charge is 2.29. The average molecular weight is 242 g/mol. The van der Waals surface area contributed by atoms with Crippen molar-refractivity contribution in [2.45, 2.75) is 58.9 Å². The van der Waals surface area contributed by atoms with Gasteiger partial charge in [0, 0.05) is 19.3 Å². The fourth-order valence-electron chi connectivity index (χ4n) is 3.34. The van der Waals surface area contributed by atoms with Gasteiger partial charge in [0.25, 0.3) is 0 Å². The molecule has 1 saturated carbocycles. The molecule has 1 rings (SSSR count). The van der Waals surface area contributed by atoms with Gasteiger partial charge in [-0.05, 0) is 56.8 Å². The molecule has 17 heavy (non-hydrogen) atoms. The van der Waals surface area contributed by atoms with Crippen molar-refractivity contribution in [1.29, 1.82) is 0 Å². The van der Waals surface area contributed by atoms with Gasteiger partial charge in [0.05, 0.1) is 0 Å². The maximum absolute atomic E-state index is 5.72. The molecule has 0 aromatic carbocycles. The summed E-state index contributed by atoms with van der Waals surface area (Å²) in [6, 6.07) is 0.473. The fraction of sp³-hybridized carbons (Fsp3) is 1.00. The highest BCUT2D eigenvalue weighted by Crippen LogP contribution is 2.35. The van der Waals surface area contributed by atoms with Crippen molar-refractivity contribution in [3.05, 3.63) is 0 Å². The molecule has 0 bridgehead atoms. The summed E-state index contributed by atoms with van der Waals surface area (Å²) >= 11 is 0. The molecule has 0 heterocycles. The molecule has 0 radical (unpaired) electrons. The normalized spacial score (nSPS) is 31.4. The quantitative estimate of drug-likeness (QED) is 0.410. The van der Waals surface area contributed by atoms with Crippen LogP contribution in [0, 0.1) is 17.8 Å². The first-order valence-corrected chi connectivity index (χ1v) is 7.21. The molecule has 0 aliphatic heterocycles.